The van der Waals surface area contributed by atoms with Crippen LogP contribution < -0.4 is 9.80 Å². The minimum Gasteiger partial charge on any atom is -0.309 e. The summed E-state index contributed by atoms with van der Waals surface area (Å²) in [6.07, 6.45) is 0. The molecule has 0 bridgehead atoms. The van der Waals surface area contributed by atoms with Gasteiger partial charge >= 0.3 is 0 Å². The van der Waals surface area contributed by atoms with Crippen molar-refractivity contribution in [3.63, 3.8) is 0 Å². The molecule has 0 aliphatic carbocycles. The molecule has 0 fully saturated rings. The van der Waals surface area contributed by atoms with Crippen LogP contribution in [0.2, 0.25) is 0 Å². The van der Waals surface area contributed by atoms with Gasteiger partial charge in [0.25, 0.3) is 0 Å². The highest BCUT2D eigenvalue weighted by Crippen LogP contribution is 2.50. The number of hydrogen-bond donors (Lipinski definition) is 0. The molecule has 2 nitrogen and oxygen atoms in total. The summed E-state index contributed by atoms with van der Waals surface area (Å²) in [5.41, 5.74) is 9.47. The second-order valence-corrected chi connectivity index (χ2v) is 19.3. The molecule has 15 aromatic carbocycles. The number of nitrogens with zero attached hydrogens (tertiary/aromatic N) is 2. The normalized spacial score (nSPS) is 12.1. The van der Waals surface area contributed by atoms with Gasteiger partial charge in [0.1, 0.15) is 0 Å². The summed E-state index contributed by atoms with van der Waals surface area (Å²) in [5, 5.41) is 25.2. The third-order valence-corrected chi connectivity index (χ3v) is 15.6. The fourth-order valence-electron chi connectivity index (χ4n) is 12.3. The van der Waals surface area contributed by atoms with E-state index in [1.807, 2.05) is 0 Å². The Morgan fingerprint density at radius 1 is 0.214 bits per heavy atom. The fraction of sp³-hybridized carbons (Fsp3) is 0.0294. The Labute approximate surface area is 405 Å². The molecule has 15 aromatic rings. The maximum atomic E-state index is 2.53. The second-order valence-electron chi connectivity index (χ2n) is 19.3. The van der Waals surface area contributed by atoms with E-state index in [0.717, 1.165) is 11.4 Å². The number of aryl methyl sites for hydroxylation is 2. The molecule has 0 N–H and O–H groups in total. The van der Waals surface area contributed by atoms with E-state index in [1.54, 1.807) is 0 Å². The standard InChI is InChI=1S/C68H44N2/c1-41-39-58-51(40-64(41)70(61-22-10-14-44-12-4-6-20-54(44)61)63-37-31-50-26-24-46-16-8-18-48-28-34-57(63)68(50)66(46)48)29-32-52-42(2)59(38-35-55(52)58)69(60-21-9-13-43-11-3-5-19-53(43)60)62-36-30-49-25-23-45-15-7-17-47-27-33-56(62)67(49)65(45)47/h3-40H,1-2H3. The molecule has 326 valence electrons. The summed E-state index contributed by atoms with van der Waals surface area (Å²) in [6, 6.07) is 86.3. The molecule has 0 aliphatic rings. The van der Waals surface area contributed by atoms with Crippen LogP contribution in [0.5, 0.6) is 0 Å². The van der Waals surface area contributed by atoms with Crippen molar-refractivity contribution in [2.75, 3.05) is 9.80 Å². The SMILES string of the molecule is Cc1cc2c(ccc3c(C)c(N(c4cccc5ccccc45)c4ccc5ccc6cccc7ccc4c5c67)ccc32)cc1N(c1cccc2ccccc12)c1ccc2ccc3cccc4ccc1c2c34. The minimum atomic E-state index is 1.16. The summed E-state index contributed by atoms with van der Waals surface area (Å²) in [6.45, 7) is 4.61. The van der Waals surface area contributed by atoms with E-state index in [1.165, 1.54) is 142 Å². The second kappa shape index (κ2) is 14.8. The van der Waals surface area contributed by atoms with Crippen molar-refractivity contribution in [1.29, 1.82) is 0 Å². The summed E-state index contributed by atoms with van der Waals surface area (Å²) >= 11 is 0. The average molecular weight is 889 g/mol. The highest BCUT2D eigenvalue weighted by atomic mass is 15.2. The maximum Gasteiger partial charge on any atom is 0.0541 e. The predicted octanol–water partition coefficient (Wildman–Crippen LogP) is 19.7. The Morgan fingerprint density at radius 2 is 0.586 bits per heavy atom. The van der Waals surface area contributed by atoms with Gasteiger partial charge in [-0.05, 0) is 154 Å². The lowest BCUT2D eigenvalue weighted by atomic mass is 9.91. The third kappa shape index (κ3) is 5.56. The van der Waals surface area contributed by atoms with Gasteiger partial charge in [-0.2, -0.15) is 0 Å². The number of fused-ring (bicyclic) bond motifs is 5. The van der Waals surface area contributed by atoms with Crippen molar-refractivity contribution in [2.24, 2.45) is 0 Å². The van der Waals surface area contributed by atoms with Gasteiger partial charge in [-0.15, -0.1) is 0 Å². The van der Waals surface area contributed by atoms with E-state index in [-0.39, 0.29) is 0 Å². The maximum absolute atomic E-state index is 2.53. The number of benzene rings is 15. The van der Waals surface area contributed by atoms with E-state index in [9.17, 15) is 0 Å². The monoisotopic (exact) mass is 888 g/mol. The minimum absolute atomic E-state index is 1.16. The first-order valence-electron chi connectivity index (χ1n) is 24.4. The molecule has 0 atom stereocenters. The van der Waals surface area contributed by atoms with Gasteiger partial charge in [-0.3, -0.25) is 0 Å². The van der Waals surface area contributed by atoms with Crippen LogP contribution in [-0.4, -0.2) is 0 Å². The molecule has 0 saturated carbocycles. The van der Waals surface area contributed by atoms with Crippen molar-refractivity contribution in [2.45, 2.75) is 13.8 Å². The van der Waals surface area contributed by atoms with E-state index in [4.69, 9.17) is 0 Å². The number of rotatable bonds is 6. The molecular weight excluding hydrogens is 845 g/mol. The van der Waals surface area contributed by atoms with E-state index >= 15 is 0 Å². The molecule has 15 rings (SSSR count). The topological polar surface area (TPSA) is 6.48 Å². The molecule has 0 unspecified atom stereocenters. The summed E-state index contributed by atoms with van der Waals surface area (Å²) in [5.74, 6) is 0. The lowest BCUT2D eigenvalue weighted by Gasteiger charge is -2.31. The van der Waals surface area contributed by atoms with E-state index in [0.29, 0.717) is 0 Å². The van der Waals surface area contributed by atoms with Crippen LogP contribution in [0.3, 0.4) is 0 Å². The Bertz CT molecular complexity index is 4370. The molecule has 0 aliphatic heterocycles. The quantitative estimate of drug-likeness (QED) is 0.154. The van der Waals surface area contributed by atoms with Crippen molar-refractivity contribution in [3.05, 3.63) is 242 Å². The van der Waals surface area contributed by atoms with Gasteiger partial charge in [0, 0.05) is 32.9 Å². The predicted molar refractivity (Wildman–Crippen MR) is 303 cm³/mol. The van der Waals surface area contributed by atoms with Crippen LogP contribution in [0, 0.1) is 13.8 Å². The van der Waals surface area contributed by atoms with Crippen molar-refractivity contribution >= 4 is 142 Å². The van der Waals surface area contributed by atoms with Gasteiger partial charge < -0.3 is 9.80 Å². The summed E-state index contributed by atoms with van der Waals surface area (Å²) < 4.78 is 0. The molecule has 2 heteroatoms. The van der Waals surface area contributed by atoms with Crippen LogP contribution in [-0.2, 0) is 0 Å². The van der Waals surface area contributed by atoms with Crippen LogP contribution >= 0.6 is 0 Å². The zero-order valence-corrected chi connectivity index (χ0v) is 38.8. The first-order valence-corrected chi connectivity index (χ1v) is 24.4. The Balaban J connectivity index is 0.951. The van der Waals surface area contributed by atoms with Gasteiger partial charge in [-0.1, -0.05) is 188 Å². The lowest BCUT2D eigenvalue weighted by molar-refractivity contribution is 1.28. The summed E-state index contributed by atoms with van der Waals surface area (Å²) in [7, 11) is 0. The van der Waals surface area contributed by atoms with Gasteiger partial charge in [-0.25, -0.2) is 0 Å². The highest BCUT2D eigenvalue weighted by Gasteiger charge is 2.25. The average Bonchev–Trinajstić information content (AvgIpc) is 3.41. The molecule has 0 spiro atoms. The Kier molecular flexibility index (Phi) is 8.24. The molecule has 0 aromatic heterocycles. The van der Waals surface area contributed by atoms with Gasteiger partial charge in [0.2, 0.25) is 0 Å². The van der Waals surface area contributed by atoms with Crippen LogP contribution in [0.1, 0.15) is 11.1 Å². The smallest absolute Gasteiger partial charge is 0.0541 e. The van der Waals surface area contributed by atoms with E-state index in [2.05, 4.69) is 254 Å². The lowest BCUT2D eigenvalue weighted by Crippen LogP contribution is -2.13. The number of anilines is 6. The van der Waals surface area contributed by atoms with E-state index < -0.39 is 0 Å². The van der Waals surface area contributed by atoms with Crippen molar-refractivity contribution in [1.82, 2.24) is 0 Å². The summed E-state index contributed by atoms with van der Waals surface area (Å²) in [4.78, 5) is 5.06. The van der Waals surface area contributed by atoms with Gasteiger partial charge in [0.15, 0.2) is 0 Å². The van der Waals surface area contributed by atoms with Crippen molar-refractivity contribution in [3.8, 4) is 0 Å². The fourth-order valence-corrected chi connectivity index (χ4v) is 12.3. The van der Waals surface area contributed by atoms with Crippen LogP contribution in [0.15, 0.2) is 231 Å². The third-order valence-electron chi connectivity index (χ3n) is 15.6. The van der Waals surface area contributed by atoms with Gasteiger partial charge in [0.05, 0.1) is 22.7 Å². The number of hydrogen-bond acceptors (Lipinski definition) is 2. The highest BCUT2D eigenvalue weighted by molar-refractivity contribution is 6.28. The molecule has 0 amide bonds. The first kappa shape index (κ1) is 39.1. The largest absolute Gasteiger partial charge is 0.309 e. The zero-order valence-electron chi connectivity index (χ0n) is 38.8. The van der Waals surface area contributed by atoms with Crippen LogP contribution in [0.25, 0.3) is 108 Å². The van der Waals surface area contributed by atoms with Crippen LogP contribution in [0.4, 0.5) is 34.1 Å². The zero-order chi connectivity index (χ0) is 46.2. The molecule has 0 radical (unpaired) electrons. The first-order chi connectivity index (χ1) is 34.6. The molecule has 0 saturated heterocycles. The van der Waals surface area contributed by atoms with Crippen molar-refractivity contribution < 1.29 is 0 Å². The Morgan fingerprint density at radius 3 is 1.14 bits per heavy atom. The molecule has 0 heterocycles. The molecule has 70 heavy (non-hydrogen) atoms. The Hall–Kier alpha value is -8.98. The molecular formula is C68H44N2.